The zero-order valence-corrected chi connectivity index (χ0v) is 22.8. The fourth-order valence-corrected chi connectivity index (χ4v) is 6.11. The van der Waals surface area contributed by atoms with E-state index in [0.717, 1.165) is 11.3 Å². The van der Waals surface area contributed by atoms with Crippen LogP contribution in [0.4, 0.5) is 11.4 Å². The topological polar surface area (TPSA) is 132 Å². The number of anilines is 2. The summed E-state index contributed by atoms with van der Waals surface area (Å²) in [6.45, 7) is 6.56. The molecule has 0 aliphatic heterocycles. The SMILES string of the molecule is CC(=O)Nc1ccc(-c2cnc(-c3ccc(NC(=S)NC(C)C)cc3)s2)c(S(=O)(=O)N[C@@H](C)CO)c1. The number of carbonyl (C=O) groups excluding carboxylic acids is 1. The summed E-state index contributed by atoms with van der Waals surface area (Å²) in [7, 11) is -4.00. The third-order valence-electron chi connectivity index (χ3n) is 4.80. The van der Waals surface area contributed by atoms with Gasteiger partial charge < -0.3 is 21.1 Å². The molecule has 2 aromatic carbocycles. The summed E-state index contributed by atoms with van der Waals surface area (Å²) in [5.74, 6) is -0.318. The van der Waals surface area contributed by atoms with Crippen LogP contribution in [-0.4, -0.2) is 48.2 Å². The first kappa shape index (κ1) is 27.7. The lowest BCUT2D eigenvalue weighted by Crippen LogP contribution is -2.35. The van der Waals surface area contributed by atoms with Crippen molar-refractivity contribution in [1.29, 1.82) is 0 Å². The zero-order valence-electron chi connectivity index (χ0n) is 20.3. The number of hydrogen-bond acceptors (Lipinski definition) is 7. The van der Waals surface area contributed by atoms with E-state index in [1.54, 1.807) is 25.3 Å². The summed E-state index contributed by atoms with van der Waals surface area (Å²) in [6.07, 6.45) is 1.62. The lowest BCUT2D eigenvalue weighted by Gasteiger charge is -2.15. The van der Waals surface area contributed by atoms with Crippen LogP contribution in [0.3, 0.4) is 0 Å². The van der Waals surface area contributed by atoms with Crippen LogP contribution in [0.5, 0.6) is 0 Å². The van der Waals surface area contributed by atoms with E-state index in [1.807, 2.05) is 38.1 Å². The first-order chi connectivity index (χ1) is 17.0. The van der Waals surface area contributed by atoms with E-state index >= 15 is 0 Å². The monoisotopic (exact) mass is 547 g/mol. The highest BCUT2D eigenvalue weighted by Crippen LogP contribution is 2.37. The lowest BCUT2D eigenvalue weighted by molar-refractivity contribution is -0.114. The third kappa shape index (κ3) is 7.31. The van der Waals surface area contributed by atoms with Gasteiger partial charge in [0.05, 0.1) is 16.4 Å². The number of thiocarbonyl (C=S) groups is 1. The van der Waals surface area contributed by atoms with Gasteiger partial charge in [0, 0.05) is 47.7 Å². The summed E-state index contributed by atoms with van der Waals surface area (Å²) in [4.78, 5) is 16.6. The van der Waals surface area contributed by atoms with Crippen molar-refractivity contribution in [2.24, 2.45) is 0 Å². The molecule has 9 nitrogen and oxygen atoms in total. The quantitative estimate of drug-likeness (QED) is 0.256. The van der Waals surface area contributed by atoms with E-state index in [1.165, 1.54) is 24.3 Å². The molecular weight excluding hydrogens is 518 g/mol. The average Bonchev–Trinajstić information content (AvgIpc) is 3.28. The molecule has 0 unspecified atom stereocenters. The number of thiazole rings is 1. The summed E-state index contributed by atoms with van der Waals surface area (Å²) >= 11 is 6.62. The third-order valence-corrected chi connectivity index (χ3v) is 7.73. The molecule has 12 heteroatoms. The largest absolute Gasteiger partial charge is 0.395 e. The van der Waals surface area contributed by atoms with Crippen LogP contribution in [-0.2, 0) is 14.8 Å². The number of sulfonamides is 1. The number of benzene rings is 2. The highest BCUT2D eigenvalue weighted by molar-refractivity contribution is 7.89. The number of carbonyl (C=O) groups is 1. The minimum atomic E-state index is -4.00. The van der Waals surface area contributed by atoms with E-state index in [9.17, 15) is 18.3 Å². The molecule has 0 spiro atoms. The fourth-order valence-electron chi connectivity index (χ4n) is 3.25. The van der Waals surface area contributed by atoms with Crippen LogP contribution >= 0.6 is 23.6 Å². The number of aliphatic hydroxyl groups excluding tert-OH is 1. The molecule has 5 N–H and O–H groups in total. The van der Waals surface area contributed by atoms with Crippen LogP contribution in [0.1, 0.15) is 27.7 Å². The minimum absolute atomic E-state index is 0.0186. The molecule has 1 atom stereocenters. The Morgan fingerprint density at radius 1 is 1.08 bits per heavy atom. The first-order valence-corrected chi connectivity index (χ1v) is 13.9. The number of nitrogens with zero attached hydrogens (tertiary/aromatic N) is 1. The van der Waals surface area contributed by atoms with Crippen molar-refractivity contribution in [1.82, 2.24) is 15.0 Å². The standard InChI is InChI=1S/C24H29N5O4S3/c1-14(2)26-24(34)28-18-7-5-17(6-8-18)23-25-12-21(35-23)20-10-9-19(27-16(4)31)11-22(20)36(32,33)29-15(3)13-30/h5-12,14-15,29-30H,13H2,1-4H3,(H,27,31)(H2,26,28,34)/t15-/m0/s1. The van der Waals surface area contributed by atoms with E-state index in [4.69, 9.17) is 12.2 Å². The highest BCUT2D eigenvalue weighted by atomic mass is 32.2. The van der Waals surface area contributed by atoms with Crippen molar-refractivity contribution in [3.05, 3.63) is 48.7 Å². The van der Waals surface area contributed by atoms with Crippen LogP contribution in [0.15, 0.2) is 53.6 Å². The van der Waals surface area contributed by atoms with Gasteiger partial charge in [-0.25, -0.2) is 18.1 Å². The predicted octanol–water partition coefficient (Wildman–Crippen LogP) is 3.79. The highest BCUT2D eigenvalue weighted by Gasteiger charge is 2.23. The predicted molar refractivity (Wildman–Crippen MR) is 149 cm³/mol. The summed E-state index contributed by atoms with van der Waals surface area (Å²) in [5, 5.41) is 19.4. The Labute approximate surface area is 220 Å². The van der Waals surface area contributed by atoms with Crippen molar-refractivity contribution in [2.45, 2.75) is 44.7 Å². The molecule has 0 bridgehead atoms. The van der Waals surface area contributed by atoms with Gasteiger partial charge in [-0.1, -0.05) is 6.07 Å². The number of aliphatic hydroxyl groups is 1. The Bertz CT molecular complexity index is 1340. The van der Waals surface area contributed by atoms with Gasteiger partial charge in [-0.05, 0) is 69.4 Å². The molecule has 0 saturated heterocycles. The van der Waals surface area contributed by atoms with E-state index < -0.39 is 16.1 Å². The van der Waals surface area contributed by atoms with Crippen LogP contribution < -0.4 is 20.7 Å². The average molecular weight is 548 g/mol. The number of aromatic nitrogens is 1. The van der Waals surface area contributed by atoms with Gasteiger partial charge in [0.1, 0.15) is 5.01 Å². The molecule has 36 heavy (non-hydrogen) atoms. The second-order valence-corrected chi connectivity index (χ2v) is 11.6. The Hall–Kier alpha value is -2.90. The molecule has 0 fully saturated rings. The number of rotatable bonds is 9. The molecule has 0 saturated carbocycles. The number of nitrogens with one attached hydrogen (secondary N) is 4. The Kier molecular flexibility index (Phi) is 9.14. The van der Waals surface area contributed by atoms with Gasteiger partial charge >= 0.3 is 0 Å². The number of amides is 1. The van der Waals surface area contributed by atoms with Crippen molar-refractivity contribution in [3.63, 3.8) is 0 Å². The maximum Gasteiger partial charge on any atom is 0.241 e. The molecule has 0 aliphatic rings. The first-order valence-electron chi connectivity index (χ1n) is 11.2. The molecule has 0 aliphatic carbocycles. The van der Waals surface area contributed by atoms with Gasteiger partial charge in [0.25, 0.3) is 0 Å². The van der Waals surface area contributed by atoms with Crippen LogP contribution in [0, 0.1) is 0 Å². The van der Waals surface area contributed by atoms with Gasteiger partial charge in [0.15, 0.2) is 5.11 Å². The summed E-state index contributed by atoms with van der Waals surface area (Å²) in [5.41, 5.74) is 2.49. The van der Waals surface area contributed by atoms with Gasteiger partial charge in [-0.15, -0.1) is 11.3 Å². The summed E-state index contributed by atoms with van der Waals surface area (Å²) < 4.78 is 28.7. The summed E-state index contributed by atoms with van der Waals surface area (Å²) in [6, 6.07) is 11.8. The number of hydrogen-bond donors (Lipinski definition) is 5. The van der Waals surface area contributed by atoms with E-state index in [0.29, 0.717) is 26.2 Å². The second kappa shape index (κ2) is 11.9. The normalized spacial score (nSPS) is 12.3. The lowest BCUT2D eigenvalue weighted by atomic mass is 10.2. The molecule has 192 valence electrons. The van der Waals surface area contributed by atoms with Gasteiger partial charge in [-0.2, -0.15) is 0 Å². The van der Waals surface area contributed by atoms with Crippen molar-refractivity contribution < 1.29 is 18.3 Å². The molecule has 3 rings (SSSR count). The maximum atomic E-state index is 13.1. The molecular formula is C24H29N5O4S3. The molecule has 1 aromatic heterocycles. The van der Waals surface area contributed by atoms with Gasteiger partial charge in [-0.3, -0.25) is 4.79 Å². The van der Waals surface area contributed by atoms with E-state index in [-0.39, 0.29) is 23.5 Å². The minimum Gasteiger partial charge on any atom is -0.395 e. The Morgan fingerprint density at radius 2 is 1.75 bits per heavy atom. The van der Waals surface area contributed by atoms with E-state index in [2.05, 4.69) is 25.7 Å². The zero-order chi connectivity index (χ0) is 26.5. The Balaban J connectivity index is 1.92. The van der Waals surface area contributed by atoms with Crippen LogP contribution in [0.25, 0.3) is 21.0 Å². The van der Waals surface area contributed by atoms with Crippen molar-refractivity contribution in [2.75, 3.05) is 17.2 Å². The van der Waals surface area contributed by atoms with Gasteiger partial charge in [0.2, 0.25) is 15.9 Å². The molecule has 1 amide bonds. The van der Waals surface area contributed by atoms with Crippen molar-refractivity contribution in [3.8, 4) is 21.0 Å². The fraction of sp³-hybridized carbons (Fsp3) is 0.292. The van der Waals surface area contributed by atoms with Crippen molar-refractivity contribution >= 4 is 56.0 Å². The maximum absolute atomic E-state index is 13.1. The molecule has 1 heterocycles. The molecule has 0 radical (unpaired) electrons. The Morgan fingerprint density at radius 3 is 2.36 bits per heavy atom. The second-order valence-electron chi connectivity index (χ2n) is 8.46. The van der Waals surface area contributed by atoms with Crippen LogP contribution in [0.2, 0.25) is 0 Å². The smallest absolute Gasteiger partial charge is 0.241 e. The molecule has 3 aromatic rings.